The normalized spacial score (nSPS) is 25.3. The van der Waals surface area contributed by atoms with Crippen molar-refractivity contribution in [1.29, 1.82) is 0 Å². The molecule has 1 fully saturated rings. The van der Waals surface area contributed by atoms with Crippen LogP contribution in [0.15, 0.2) is 0 Å². The monoisotopic (exact) mass is 241 g/mol. The van der Waals surface area contributed by atoms with Crippen molar-refractivity contribution in [2.75, 3.05) is 19.6 Å². The fraction of sp³-hybridized carbons (Fsp3) is 0.923. The number of nitrogens with zero attached hydrogens (tertiary/aromatic N) is 1. The molecule has 1 amide bonds. The Morgan fingerprint density at radius 2 is 2.24 bits per heavy atom. The Labute approximate surface area is 105 Å². The predicted molar refractivity (Wildman–Crippen MR) is 71.0 cm³/mol. The highest BCUT2D eigenvalue weighted by Gasteiger charge is 2.25. The Bertz CT molecular complexity index is 245. The second-order valence-electron chi connectivity index (χ2n) is 5.22. The third kappa shape index (κ3) is 4.64. The molecule has 1 heterocycles. The fourth-order valence-electron chi connectivity index (χ4n) is 2.35. The maximum Gasteiger partial charge on any atom is 0.237 e. The van der Waals surface area contributed by atoms with Crippen molar-refractivity contribution in [3.63, 3.8) is 0 Å². The van der Waals surface area contributed by atoms with E-state index in [-0.39, 0.29) is 18.0 Å². The van der Waals surface area contributed by atoms with Crippen LogP contribution in [0.25, 0.3) is 0 Å². The molecule has 1 rings (SSSR count). The van der Waals surface area contributed by atoms with Crippen LogP contribution in [0.1, 0.15) is 40.5 Å². The highest BCUT2D eigenvalue weighted by molar-refractivity contribution is 5.81. The number of piperazine rings is 1. The second-order valence-corrected chi connectivity index (χ2v) is 5.22. The Morgan fingerprint density at radius 3 is 2.82 bits per heavy atom. The molecular formula is C13H27N3O. The molecule has 2 unspecified atom stereocenters. The summed E-state index contributed by atoms with van der Waals surface area (Å²) in [4.78, 5) is 14.3. The van der Waals surface area contributed by atoms with Gasteiger partial charge in [-0.1, -0.05) is 13.3 Å². The molecule has 0 radical (unpaired) electrons. The molecule has 0 aromatic carbocycles. The van der Waals surface area contributed by atoms with E-state index in [1.54, 1.807) is 0 Å². The summed E-state index contributed by atoms with van der Waals surface area (Å²) in [7, 11) is 0. The van der Waals surface area contributed by atoms with Gasteiger partial charge in [0, 0.05) is 31.7 Å². The van der Waals surface area contributed by atoms with E-state index < -0.39 is 0 Å². The van der Waals surface area contributed by atoms with Gasteiger partial charge in [0.25, 0.3) is 0 Å². The summed E-state index contributed by atoms with van der Waals surface area (Å²) >= 11 is 0. The molecule has 4 nitrogen and oxygen atoms in total. The summed E-state index contributed by atoms with van der Waals surface area (Å²) in [6, 6.07) is 0.751. The quantitative estimate of drug-likeness (QED) is 0.754. The molecule has 100 valence electrons. The number of hydrogen-bond donors (Lipinski definition) is 2. The minimum absolute atomic E-state index is 0.0149. The van der Waals surface area contributed by atoms with E-state index >= 15 is 0 Å². The highest BCUT2D eigenvalue weighted by Crippen LogP contribution is 2.05. The van der Waals surface area contributed by atoms with Crippen molar-refractivity contribution < 1.29 is 4.79 Å². The summed E-state index contributed by atoms with van der Waals surface area (Å²) in [5.41, 5.74) is 0. The lowest BCUT2D eigenvalue weighted by Gasteiger charge is -2.35. The molecule has 1 aliphatic heterocycles. The SMILES string of the molecule is CCCC(C)NC(=O)C(C)N1CCN[C@@H](C)C1. The lowest BCUT2D eigenvalue weighted by Crippen LogP contribution is -2.56. The van der Waals surface area contributed by atoms with Crippen LogP contribution in [0.3, 0.4) is 0 Å². The van der Waals surface area contributed by atoms with Gasteiger partial charge in [-0.25, -0.2) is 0 Å². The maximum absolute atomic E-state index is 12.1. The van der Waals surface area contributed by atoms with E-state index in [4.69, 9.17) is 0 Å². The van der Waals surface area contributed by atoms with Crippen molar-refractivity contribution in [3.05, 3.63) is 0 Å². The first-order valence-corrected chi connectivity index (χ1v) is 6.82. The fourth-order valence-corrected chi connectivity index (χ4v) is 2.35. The standard InChI is InChI=1S/C13H27N3O/c1-5-6-10(2)15-13(17)12(4)16-8-7-14-11(3)9-16/h10-12,14H,5-9H2,1-4H3,(H,15,17)/t10?,11-,12?/m0/s1. The van der Waals surface area contributed by atoms with Gasteiger partial charge in [-0.3, -0.25) is 9.69 Å². The van der Waals surface area contributed by atoms with Crippen LogP contribution in [0.4, 0.5) is 0 Å². The van der Waals surface area contributed by atoms with Crippen molar-refractivity contribution in [1.82, 2.24) is 15.5 Å². The summed E-state index contributed by atoms with van der Waals surface area (Å²) < 4.78 is 0. The number of hydrogen-bond acceptors (Lipinski definition) is 3. The van der Waals surface area contributed by atoms with Gasteiger partial charge in [-0.2, -0.15) is 0 Å². The largest absolute Gasteiger partial charge is 0.352 e. The number of carbonyl (C=O) groups is 1. The smallest absolute Gasteiger partial charge is 0.237 e. The van der Waals surface area contributed by atoms with E-state index in [0.717, 1.165) is 32.5 Å². The Kier molecular flexibility index (Phi) is 5.92. The molecule has 0 aromatic heterocycles. The average Bonchev–Trinajstić information content (AvgIpc) is 2.28. The highest BCUT2D eigenvalue weighted by atomic mass is 16.2. The Hall–Kier alpha value is -0.610. The molecular weight excluding hydrogens is 214 g/mol. The minimum atomic E-state index is -0.0149. The van der Waals surface area contributed by atoms with Gasteiger partial charge < -0.3 is 10.6 Å². The number of nitrogens with one attached hydrogen (secondary N) is 2. The van der Waals surface area contributed by atoms with Crippen LogP contribution >= 0.6 is 0 Å². The summed E-state index contributed by atoms with van der Waals surface area (Å²) in [6.07, 6.45) is 2.16. The molecule has 1 saturated heterocycles. The molecule has 0 bridgehead atoms. The summed E-state index contributed by atoms with van der Waals surface area (Å²) in [5, 5.41) is 6.49. The molecule has 0 aromatic rings. The predicted octanol–water partition coefficient (Wildman–Crippen LogP) is 0.973. The van der Waals surface area contributed by atoms with Gasteiger partial charge in [-0.15, -0.1) is 0 Å². The van der Waals surface area contributed by atoms with E-state index in [1.165, 1.54) is 0 Å². The number of rotatable bonds is 5. The molecule has 1 aliphatic rings. The van der Waals surface area contributed by atoms with Gasteiger partial charge in [0.2, 0.25) is 5.91 Å². The number of amides is 1. The first-order valence-electron chi connectivity index (χ1n) is 6.82. The molecule has 0 aliphatic carbocycles. The average molecular weight is 241 g/mol. The van der Waals surface area contributed by atoms with Gasteiger partial charge >= 0.3 is 0 Å². The van der Waals surface area contributed by atoms with Crippen LogP contribution in [0, 0.1) is 0 Å². The third-order valence-electron chi connectivity index (χ3n) is 3.44. The maximum atomic E-state index is 12.1. The van der Waals surface area contributed by atoms with Crippen molar-refractivity contribution in [3.8, 4) is 0 Å². The van der Waals surface area contributed by atoms with E-state index in [2.05, 4.69) is 36.3 Å². The van der Waals surface area contributed by atoms with Gasteiger partial charge in [0.05, 0.1) is 6.04 Å². The number of carbonyl (C=O) groups excluding carboxylic acids is 1. The van der Waals surface area contributed by atoms with Crippen molar-refractivity contribution in [2.24, 2.45) is 0 Å². The zero-order chi connectivity index (χ0) is 12.8. The summed E-state index contributed by atoms with van der Waals surface area (Å²) in [5.74, 6) is 0.167. The Morgan fingerprint density at radius 1 is 1.53 bits per heavy atom. The van der Waals surface area contributed by atoms with E-state index in [9.17, 15) is 4.79 Å². The van der Waals surface area contributed by atoms with Crippen LogP contribution in [-0.4, -0.2) is 48.6 Å². The lowest BCUT2D eigenvalue weighted by atomic mass is 10.1. The Balaban J connectivity index is 2.39. The van der Waals surface area contributed by atoms with Gasteiger partial charge in [0.15, 0.2) is 0 Å². The van der Waals surface area contributed by atoms with E-state index in [1.807, 2.05) is 6.92 Å². The first-order chi connectivity index (χ1) is 8.04. The lowest BCUT2D eigenvalue weighted by molar-refractivity contribution is -0.126. The zero-order valence-electron chi connectivity index (χ0n) is 11.6. The molecule has 4 heteroatoms. The second kappa shape index (κ2) is 6.97. The first kappa shape index (κ1) is 14.5. The van der Waals surface area contributed by atoms with Gasteiger partial charge in [0.1, 0.15) is 0 Å². The van der Waals surface area contributed by atoms with Crippen LogP contribution in [0.5, 0.6) is 0 Å². The zero-order valence-corrected chi connectivity index (χ0v) is 11.6. The summed E-state index contributed by atoms with van der Waals surface area (Å²) in [6.45, 7) is 11.3. The minimum Gasteiger partial charge on any atom is -0.352 e. The molecule has 17 heavy (non-hydrogen) atoms. The van der Waals surface area contributed by atoms with Crippen LogP contribution in [0.2, 0.25) is 0 Å². The van der Waals surface area contributed by atoms with E-state index in [0.29, 0.717) is 6.04 Å². The molecule has 0 spiro atoms. The van der Waals surface area contributed by atoms with Crippen LogP contribution in [-0.2, 0) is 4.79 Å². The topological polar surface area (TPSA) is 44.4 Å². The van der Waals surface area contributed by atoms with Gasteiger partial charge in [-0.05, 0) is 27.2 Å². The molecule has 3 atom stereocenters. The molecule has 2 N–H and O–H groups in total. The molecule has 0 saturated carbocycles. The van der Waals surface area contributed by atoms with Crippen LogP contribution < -0.4 is 10.6 Å². The van der Waals surface area contributed by atoms with Crippen molar-refractivity contribution in [2.45, 2.75) is 58.7 Å². The third-order valence-corrected chi connectivity index (χ3v) is 3.44. The van der Waals surface area contributed by atoms with Crippen molar-refractivity contribution >= 4 is 5.91 Å².